The summed E-state index contributed by atoms with van der Waals surface area (Å²) in [5.74, 6) is 0. The molecule has 0 atom stereocenters. The summed E-state index contributed by atoms with van der Waals surface area (Å²) in [4.78, 5) is 27.7. The fraction of sp³-hybridized carbons (Fsp3) is 0.182. The molecule has 4 rings (SSSR count). The Morgan fingerprint density at radius 2 is 0.938 bits per heavy atom. The van der Waals surface area contributed by atoms with Crippen molar-refractivity contribution in [3.63, 3.8) is 0 Å². The maximum atomic E-state index is 13.2. The molecule has 0 aliphatic carbocycles. The van der Waals surface area contributed by atoms with Crippen molar-refractivity contribution in [2.75, 3.05) is 0 Å². The van der Waals surface area contributed by atoms with Crippen molar-refractivity contribution in [3.05, 3.63) is 87.8 Å². The third kappa shape index (κ3) is 4.26. The number of benzene rings is 2. The second-order valence-electron chi connectivity index (χ2n) is 7.23. The SMILES string of the molecule is Cc1c(SSc2c(C)n(C)n(-c3ccc(I)cc3)c2=O)c(=O)n(-c2ccc(I)cc2)n1C. The molecule has 0 saturated carbocycles. The van der Waals surface area contributed by atoms with Crippen LogP contribution in [-0.2, 0) is 14.1 Å². The standard InChI is InChI=1S/C22H20I2N4O2S2/c1-13-19(21(29)27(25(13)3)17-9-5-15(23)6-10-17)31-32-20-14(2)26(4)28(22(20)30)18-11-7-16(24)8-12-18/h5-12H,1-4H3. The fourth-order valence-corrected chi connectivity index (χ4v) is 6.75. The van der Waals surface area contributed by atoms with E-state index in [9.17, 15) is 9.59 Å². The smallest absolute Gasteiger partial charge is 0.284 e. The fourth-order valence-electron chi connectivity index (χ4n) is 3.39. The lowest BCUT2D eigenvalue weighted by molar-refractivity contribution is 0.630. The van der Waals surface area contributed by atoms with Gasteiger partial charge in [-0.1, -0.05) is 0 Å². The molecular weight excluding hydrogens is 670 g/mol. The zero-order valence-electron chi connectivity index (χ0n) is 17.8. The van der Waals surface area contributed by atoms with Gasteiger partial charge in [0.2, 0.25) is 0 Å². The lowest BCUT2D eigenvalue weighted by Crippen LogP contribution is -2.20. The van der Waals surface area contributed by atoms with E-state index in [1.165, 1.54) is 21.6 Å². The van der Waals surface area contributed by atoms with Crippen LogP contribution >= 0.6 is 66.8 Å². The van der Waals surface area contributed by atoms with Crippen LogP contribution in [0.4, 0.5) is 0 Å². The van der Waals surface area contributed by atoms with Gasteiger partial charge in [0.15, 0.2) is 0 Å². The van der Waals surface area contributed by atoms with Crippen LogP contribution in [0.3, 0.4) is 0 Å². The molecule has 0 unspecified atom stereocenters. The molecule has 10 heteroatoms. The molecule has 0 aliphatic heterocycles. The highest BCUT2D eigenvalue weighted by molar-refractivity contribution is 14.1. The zero-order valence-corrected chi connectivity index (χ0v) is 23.7. The van der Waals surface area contributed by atoms with Gasteiger partial charge < -0.3 is 0 Å². The molecular formula is C22H20I2N4O2S2. The number of hydrogen-bond acceptors (Lipinski definition) is 4. The van der Waals surface area contributed by atoms with Crippen molar-refractivity contribution in [1.82, 2.24) is 18.7 Å². The maximum absolute atomic E-state index is 13.2. The summed E-state index contributed by atoms with van der Waals surface area (Å²) >= 11 is 4.49. The summed E-state index contributed by atoms with van der Waals surface area (Å²) in [6.07, 6.45) is 0. The van der Waals surface area contributed by atoms with E-state index in [1.54, 1.807) is 9.36 Å². The quantitative estimate of drug-likeness (QED) is 0.211. The van der Waals surface area contributed by atoms with Crippen LogP contribution in [0.25, 0.3) is 11.4 Å². The second kappa shape index (κ2) is 9.47. The summed E-state index contributed by atoms with van der Waals surface area (Å²) in [7, 11) is 6.43. The lowest BCUT2D eigenvalue weighted by atomic mass is 10.3. The monoisotopic (exact) mass is 690 g/mol. The molecule has 2 heterocycles. The van der Waals surface area contributed by atoms with Crippen LogP contribution in [0.5, 0.6) is 0 Å². The Balaban J connectivity index is 1.69. The highest BCUT2D eigenvalue weighted by atomic mass is 127. The molecule has 0 radical (unpaired) electrons. The Hall–Kier alpha value is -1.38. The average Bonchev–Trinajstić information content (AvgIpc) is 3.11. The molecule has 0 bridgehead atoms. The Labute approximate surface area is 220 Å². The van der Waals surface area contributed by atoms with Crippen molar-refractivity contribution in [2.45, 2.75) is 23.6 Å². The van der Waals surface area contributed by atoms with E-state index in [2.05, 4.69) is 45.2 Å². The van der Waals surface area contributed by atoms with Gasteiger partial charge in [-0.2, -0.15) is 0 Å². The lowest BCUT2D eigenvalue weighted by Gasteiger charge is -2.08. The molecule has 32 heavy (non-hydrogen) atoms. The van der Waals surface area contributed by atoms with Gasteiger partial charge in [0, 0.05) is 21.2 Å². The van der Waals surface area contributed by atoms with Crippen molar-refractivity contribution in [2.24, 2.45) is 14.1 Å². The minimum absolute atomic E-state index is 0.0877. The minimum atomic E-state index is -0.0877. The predicted molar refractivity (Wildman–Crippen MR) is 149 cm³/mol. The van der Waals surface area contributed by atoms with Crippen LogP contribution in [0.2, 0.25) is 0 Å². The van der Waals surface area contributed by atoms with Crippen LogP contribution in [0, 0.1) is 21.0 Å². The van der Waals surface area contributed by atoms with E-state index in [4.69, 9.17) is 0 Å². The van der Waals surface area contributed by atoms with E-state index in [0.717, 1.165) is 29.9 Å². The summed E-state index contributed by atoms with van der Waals surface area (Å²) in [5, 5.41) is 0. The first-order valence-electron chi connectivity index (χ1n) is 9.64. The van der Waals surface area contributed by atoms with Gasteiger partial charge in [0.1, 0.15) is 9.79 Å². The van der Waals surface area contributed by atoms with Crippen LogP contribution in [0.15, 0.2) is 67.9 Å². The Morgan fingerprint density at radius 3 is 1.25 bits per heavy atom. The van der Waals surface area contributed by atoms with Gasteiger partial charge in [0.25, 0.3) is 11.1 Å². The van der Waals surface area contributed by atoms with Crippen LogP contribution in [-0.4, -0.2) is 18.7 Å². The Morgan fingerprint density at radius 1 is 0.625 bits per heavy atom. The van der Waals surface area contributed by atoms with Gasteiger partial charge >= 0.3 is 0 Å². The largest absolute Gasteiger partial charge is 0.286 e. The normalized spacial score (nSPS) is 11.3. The van der Waals surface area contributed by atoms with E-state index < -0.39 is 0 Å². The van der Waals surface area contributed by atoms with E-state index in [-0.39, 0.29) is 11.1 Å². The van der Waals surface area contributed by atoms with Crippen LogP contribution < -0.4 is 11.1 Å². The molecule has 4 aromatic rings. The van der Waals surface area contributed by atoms with Gasteiger partial charge in [-0.05, 0) is 129 Å². The number of halogens is 2. The Kier molecular flexibility index (Phi) is 7.03. The van der Waals surface area contributed by atoms with Gasteiger partial charge in [-0.25, -0.2) is 9.36 Å². The van der Waals surface area contributed by atoms with Crippen molar-refractivity contribution < 1.29 is 0 Å². The zero-order chi connectivity index (χ0) is 23.2. The predicted octanol–water partition coefficient (Wildman–Crippen LogP) is 5.29. The molecule has 166 valence electrons. The molecule has 0 aliphatic rings. The minimum Gasteiger partial charge on any atom is -0.284 e. The second-order valence-corrected chi connectivity index (χ2v) is 11.9. The molecule has 2 aromatic heterocycles. The molecule has 2 aromatic carbocycles. The third-order valence-electron chi connectivity index (χ3n) is 5.35. The first-order valence-corrected chi connectivity index (χ1v) is 13.9. The summed E-state index contributed by atoms with van der Waals surface area (Å²) < 4.78 is 9.26. The first-order chi connectivity index (χ1) is 15.2. The highest BCUT2D eigenvalue weighted by Crippen LogP contribution is 2.38. The summed E-state index contributed by atoms with van der Waals surface area (Å²) in [5.41, 5.74) is 3.17. The molecule has 0 N–H and O–H groups in total. The van der Waals surface area contributed by atoms with Gasteiger partial charge in [0.05, 0.1) is 22.8 Å². The van der Waals surface area contributed by atoms with Crippen molar-refractivity contribution in [1.29, 1.82) is 0 Å². The molecule has 6 nitrogen and oxygen atoms in total. The number of nitrogens with zero attached hydrogens (tertiary/aromatic N) is 4. The molecule has 0 spiro atoms. The third-order valence-corrected chi connectivity index (χ3v) is 9.40. The van der Waals surface area contributed by atoms with Gasteiger partial charge in [-0.15, -0.1) is 0 Å². The number of rotatable bonds is 5. The van der Waals surface area contributed by atoms with E-state index >= 15 is 0 Å². The topological polar surface area (TPSA) is 53.9 Å². The van der Waals surface area contributed by atoms with Crippen LogP contribution in [0.1, 0.15) is 11.4 Å². The van der Waals surface area contributed by atoms with Crippen molar-refractivity contribution in [3.8, 4) is 11.4 Å². The highest BCUT2D eigenvalue weighted by Gasteiger charge is 2.21. The summed E-state index contributed by atoms with van der Waals surface area (Å²) in [6, 6.07) is 15.7. The van der Waals surface area contributed by atoms with Gasteiger partial charge in [-0.3, -0.25) is 19.0 Å². The average molecular weight is 690 g/mol. The van der Waals surface area contributed by atoms with E-state index in [1.807, 2.05) is 85.8 Å². The molecule has 0 saturated heterocycles. The first kappa shape index (κ1) is 23.8. The van der Waals surface area contributed by atoms with Crippen molar-refractivity contribution >= 4 is 66.8 Å². The number of hydrogen-bond donors (Lipinski definition) is 0. The molecule has 0 fully saturated rings. The number of aromatic nitrogens is 4. The van der Waals surface area contributed by atoms with E-state index in [0.29, 0.717) is 9.79 Å². The maximum Gasteiger partial charge on any atom is 0.286 e. The summed E-state index contributed by atoms with van der Waals surface area (Å²) in [6.45, 7) is 3.85. The molecule has 0 amide bonds. The Bertz CT molecular complexity index is 1310.